The predicted octanol–water partition coefficient (Wildman–Crippen LogP) is 4.68. The Morgan fingerprint density at radius 3 is 2.48 bits per heavy atom. The quantitative estimate of drug-likeness (QED) is 0.697. The first-order valence-corrected chi connectivity index (χ1v) is 8.09. The highest BCUT2D eigenvalue weighted by Crippen LogP contribution is 2.24. The molecule has 0 N–H and O–H groups in total. The maximum Gasteiger partial charge on any atom is 0.117 e. The van der Waals surface area contributed by atoms with E-state index in [2.05, 4.69) is 64.5 Å². The zero-order valence-electron chi connectivity index (χ0n) is 11.7. The Kier molecular flexibility index (Phi) is 3.20. The van der Waals surface area contributed by atoms with Gasteiger partial charge in [-0.25, -0.2) is 4.98 Å². The van der Waals surface area contributed by atoms with Gasteiger partial charge in [-0.3, -0.25) is 0 Å². The van der Waals surface area contributed by atoms with Gasteiger partial charge in [-0.2, -0.15) is 0 Å². The highest BCUT2D eigenvalue weighted by Gasteiger charge is 2.13. The fourth-order valence-corrected chi connectivity index (χ4v) is 3.37. The maximum atomic E-state index is 4.62. The van der Waals surface area contributed by atoms with Crippen molar-refractivity contribution in [3.8, 4) is 0 Å². The monoisotopic (exact) mass is 292 g/mol. The summed E-state index contributed by atoms with van der Waals surface area (Å²) < 4.78 is 1.24. The van der Waals surface area contributed by atoms with E-state index in [1.807, 2.05) is 6.07 Å². The van der Waals surface area contributed by atoms with Gasteiger partial charge < -0.3 is 4.90 Å². The average molecular weight is 292 g/mol. The Balaban J connectivity index is 1.53. The first-order valence-electron chi connectivity index (χ1n) is 7.27. The summed E-state index contributed by atoms with van der Waals surface area (Å²) in [4.78, 5) is 7.02. The van der Waals surface area contributed by atoms with Crippen molar-refractivity contribution >= 4 is 39.4 Å². The molecule has 0 unspecified atom stereocenters. The Morgan fingerprint density at radius 2 is 1.76 bits per heavy atom. The van der Waals surface area contributed by atoms with E-state index < -0.39 is 0 Å². The third kappa shape index (κ3) is 2.57. The third-order valence-electron chi connectivity index (χ3n) is 3.84. The van der Waals surface area contributed by atoms with E-state index in [0.717, 1.165) is 10.5 Å². The van der Waals surface area contributed by atoms with Crippen molar-refractivity contribution in [2.24, 2.45) is 0 Å². The molecule has 0 aliphatic carbocycles. The second-order valence-electron chi connectivity index (χ2n) is 5.29. The molecule has 3 heteroatoms. The van der Waals surface area contributed by atoms with Crippen molar-refractivity contribution in [2.45, 2.75) is 6.42 Å². The second kappa shape index (κ2) is 5.34. The number of aromatic nitrogens is 1. The van der Waals surface area contributed by atoms with Crippen LogP contribution in [0.2, 0.25) is 0 Å². The summed E-state index contributed by atoms with van der Waals surface area (Å²) in [6.45, 7) is 2.39. The minimum Gasteiger partial charge on any atom is -0.371 e. The first kappa shape index (κ1) is 12.6. The number of hydrogen-bond acceptors (Lipinski definition) is 3. The summed E-state index contributed by atoms with van der Waals surface area (Å²) in [5, 5.41) is 1.06. The molecule has 1 saturated heterocycles. The van der Waals surface area contributed by atoms with Gasteiger partial charge in [0.2, 0.25) is 0 Å². The summed E-state index contributed by atoms with van der Waals surface area (Å²) in [6, 6.07) is 17.0. The number of thiazole rings is 1. The molecule has 0 bridgehead atoms. The standard InChI is InChI=1S/C18H16N2S/c1-2-5-17-16(4-1)19-18(21-17)11-8-14-6-9-15(10-7-14)20-12-3-13-20/h1-2,4-11H,3,12-13H2/b11-8+. The zero-order chi connectivity index (χ0) is 14.1. The number of hydrogen-bond donors (Lipinski definition) is 0. The molecule has 4 rings (SSSR count). The fourth-order valence-electron chi connectivity index (χ4n) is 2.50. The number of para-hydroxylation sites is 1. The largest absolute Gasteiger partial charge is 0.371 e. The molecule has 2 aromatic carbocycles. The van der Waals surface area contributed by atoms with E-state index in [1.54, 1.807) is 11.3 Å². The fraction of sp³-hybridized carbons (Fsp3) is 0.167. The SMILES string of the molecule is C(=C\c1nc2ccccc2s1)/c1ccc(N2CCC2)cc1. The van der Waals surface area contributed by atoms with Crippen molar-refractivity contribution in [3.63, 3.8) is 0 Å². The van der Waals surface area contributed by atoms with Gasteiger partial charge in [-0.05, 0) is 42.3 Å². The molecule has 0 radical (unpaired) electrons. The van der Waals surface area contributed by atoms with Crippen molar-refractivity contribution in [2.75, 3.05) is 18.0 Å². The summed E-state index contributed by atoms with van der Waals surface area (Å²) >= 11 is 1.73. The predicted molar refractivity (Wildman–Crippen MR) is 91.8 cm³/mol. The normalized spacial score (nSPS) is 14.8. The molecule has 1 fully saturated rings. The molecule has 0 saturated carbocycles. The summed E-state index contributed by atoms with van der Waals surface area (Å²) in [7, 11) is 0. The van der Waals surface area contributed by atoms with Crippen molar-refractivity contribution in [1.29, 1.82) is 0 Å². The van der Waals surface area contributed by atoms with Crippen LogP contribution in [0.4, 0.5) is 5.69 Å². The van der Waals surface area contributed by atoms with Crippen LogP contribution in [0.1, 0.15) is 17.0 Å². The number of fused-ring (bicyclic) bond motifs is 1. The van der Waals surface area contributed by atoms with Crippen LogP contribution >= 0.6 is 11.3 Å². The van der Waals surface area contributed by atoms with Crippen LogP contribution in [0.3, 0.4) is 0 Å². The highest BCUT2D eigenvalue weighted by atomic mass is 32.1. The van der Waals surface area contributed by atoms with Crippen molar-refractivity contribution in [3.05, 3.63) is 59.1 Å². The van der Waals surface area contributed by atoms with Gasteiger partial charge in [-0.15, -0.1) is 11.3 Å². The molecule has 0 amide bonds. The van der Waals surface area contributed by atoms with Crippen molar-refractivity contribution in [1.82, 2.24) is 4.98 Å². The molecule has 3 aromatic rings. The second-order valence-corrected chi connectivity index (χ2v) is 6.35. The third-order valence-corrected chi connectivity index (χ3v) is 4.84. The average Bonchev–Trinajstić information content (AvgIpc) is 2.87. The molecular weight excluding hydrogens is 276 g/mol. The molecule has 1 aromatic heterocycles. The summed E-state index contributed by atoms with van der Waals surface area (Å²) in [6.07, 6.45) is 5.56. The van der Waals surface area contributed by atoms with Crippen LogP contribution in [0.5, 0.6) is 0 Å². The lowest BCUT2D eigenvalue weighted by molar-refractivity contribution is 0.618. The van der Waals surface area contributed by atoms with Gasteiger partial charge in [0.25, 0.3) is 0 Å². The van der Waals surface area contributed by atoms with E-state index in [1.165, 1.54) is 35.5 Å². The molecule has 1 aliphatic rings. The van der Waals surface area contributed by atoms with Crippen LogP contribution in [0, 0.1) is 0 Å². The van der Waals surface area contributed by atoms with Gasteiger partial charge in [-0.1, -0.05) is 30.3 Å². The lowest BCUT2D eigenvalue weighted by Crippen LogP contribution is -2.36. The molecule has 21 heavy (non-hydrogen) atoms. The van der Waals surface area contributed by atoms with Gasteiger partial charge in [0, 0.05) is 18.8 Å². The van der Waals surface area contributed by atoms with Crippen LogP contribution < -0.4 is 4.90 Å². The van der Waals surface area contributed by atoms with Gasteiger partial charge in [0.1, 0.15) is 5.01 Å². The van der Waals surface area contributed by atoms with Crippen LogP contribution in [0.15, 0.2) is 48.5 Å². The Bertz CT molecular complexity index is 749. The number of rotatable bonds is 3. The van der Waals surface area contributed by atoms with Crippen LogP contribution in [-0.2, 0) is 0 Å². The summed E-state index contributed by atoms with van der Waals surface area (Å²) in [5.41, 5.74) is 3.63. The Hall–Kier alpha value is -2.13. The van der Waals surface area contributed by atoms with Crippen molar-refractivity contribution < 1.29 is 0 Å². The Labute approximate surface area is 128 Å². The van der Waals surface area contributed by atoms with E-state index in [9.17, 15) is 0 Å². The van der Waals surface area contributed by atoms with E-state index >= 15 is 0 Å². The lowest BCUT2D eigenvalue weighted by Gasteiger charge is -2.33. The molecule has 104 valence electrons. The lowest BCUT2D eigenvalue weighted by atomic mass is 10.1. The van der Waals surface area contributed by atoms with E-state index in [4.69, 9.17) is 0 Å². The molecule has 0 spiro atoms. The molecule has 1 aliphatic heterocycles. The van der Waals surface area contributed by atoms with E-state index in [-0.39, 0.29) is 0 Å². The summed E-state index contributed by atoms with van der Waals surface area (Å²) in [5.74, 6) is 0. The number of nitrogens with zero attached hydrogens (tertiary/aromatic N) is 2. The molecule has 2 heterocycles. The van der Waals surface area contributed by atoms with Crippen LogP contribution in [-0.4, -0.2) is 18.1 Å². The topological polar surface area (TPSA) is 16.1 Å². The molecule has 2 nitrogen and oxygen atoms in total. The molecule has 0 atom stereocenters. The highest BCUT2D eigenvalue weighted by molar-refractivity contribution is 7.19. The van der Waals surface area contributed by atoms with Crippen LogP contribution in [0.25, 0.3) is 22.4 Å². The van der Waals surface area contributed by atoms with Gasteiger partial charge >= 0.3 is 0 Å². The number of benzene rings is 2. The van der Waals surface area contributed by atoms with Gasteiger partial charge in [0.15, 0.2) is 0 Å². The maximum absolute atomic E-state index is 4.62. The smallest absolute Gasteiger partial charge is 0.117 e. The minimum atomic E-state index is 1.06. The first-order chi connectivity index (χ1) is 10.4. The minimum absolute atomic E-state index is 1.06. The van der Waals surface area contributed by atoms with Gasteiger partial charge in [0.05, 0.1) is 10.2 Å². The Morgan fingerprint density at radius 1 is 0.952 bits per heavy atom. The number of anilines is 1. The zero-order valence-corrected chi connectivity index (χ0v) is 12.5. The molecular formula is C18H16N2S. The van der Waals surface area contributed by atoms with E-state index in [0.29, 0.717) is 0 Å².